The molecule has 2 heterocycles. The largest absolute Gasteiger partial charge is 0.465 e. The lowest BCUT2D eigenvalue weighted by Gasteiger charge is -2.36. The van der Waals surface area contributed by atoms with Crippen LogP contribution in [0.5, 0.6) is 0 Å². The molecular weight excluding hydrogens is 662 g/mol. The van der Waals surface area contributed by atoms with E-state index in [2.05, 4.69) is 20.9 Å². The van der Waals surface area contributed by atoms with Gasteiger partial charge in [0.05, 0.1) is 19.2 Å². The molecule has 0 radical (unpaired) electrons. The van der Waals surface area contributed by atoms with E-state index in [1.54, 1.807) is 6.92 Å². The molecule has 284 valence electrons. The topological polar surface area (TPSA) is 189 Å². The van der Waals surface area contributed by atoms with E-state index in [-0.39, 0.29) is 42.8 Å². The van der Waals surface area contributed by atoms with Gasteiger partial charge in [0.15, 0.2) is 0 Å². The highest BCUT2D eigenvalue weighted by molar-refractivity contribution is 5.95. The van der Waals surface area contributed by atoms with Crippen molar-refractivity contribution < 1.29 is 28.7 Å². The van der Waals surface area contributed by atoms with Gasteiger partial charge >= 0.3 is 5.97 Å². The average Bonchev–Trinajstić information content (AvgIpc) is 3.72. The van der Waals surface area contributed by atoms with Crippen LogP contribution >= 0.6 is 0 Å². The first-order chi connectivity index (χ1) is 25.0. The summed E-state index contributed by atoms with van der Waals surface area (Å²) in [5.74, 6) is -1.88. The molecular formula is C39H57N7O6. The van der Waals surface area contributed by atoms with Crippen molar-refractivity contribution in [2.75, 3.05) is 32.8 Å². The van der Waals surface area contributed by atoms with Crippen LogP contribution in [0.3, 0.4) is 0 Å². The number of hydrogen-bond donors (Lipinski definition) is 5. The summed E-state index contributed by atoms with van der Waals surface area (Å²) in [7, 11) is 0. The molecule has 0 saturated carbocycles. The lowest BCUT2D eigenvalue weighted by molar-refractivity contribution is -0.145. The number of carbonyl (C=O) groups excluding carboxylic acids is 5. The molecule has 0 spiro atoms. The summed E-state index contributed by atoms with van der Waals surface area (Å²) in [5, 5.41) is 8.72. The molecule has 0 aliphatic carbocycles. The number of nitrogens with zero attached hydrogens (tertiary/aromatic N) is 2. The molecule has 4 amide bonds. The van der Waals surface area contributed by atoms with Gasteiger partial charge in [0.1, 0.15) is 18.1 Å². The number of rotatable bonds is 20. The van der Waals surface area contributed by atoms with Crippen LogP contribution in [0, 0.1) is 5.92 Å². The van der Waals surface area contributed by atoms with Gasteiger partial charge in [-0.05, 0) is 69.0 Å². The summed E-state index contributed by atoms with van der Waals surface area (Å²) in [5.41, 5.74) is 13.8. The summed E-state index contributed by atoms with van der Waals surface area (Å²) in [4.78, 5) is 71.3. The standard InChI is InChI=1S/C39H57N7O6/c1-4-52-35(47)25-45-23-30-22-29(45)24-46(30)39(51)32(17-11-12-18-40)42-37(49)33(19-26(2)3)44-38(50)34(21-28-15-9-6-10-16-28)43-36(48)31(41)20-27-13-7-5-8-14-27/h5-10,13-16,26,29-34H,4,11-12,17-25,40-41H2,1-3H3,(H,42,49)(H,43,48)(H,44,50). The predicted octanol–water partition coefficient (Wildman–Crippen LogP) is 1.28. The molecule has 2 aliphatic heterocycles. The Labute approximate surface area is 307 Å². The van der Waals surface area contributed by atoms with E-state index >= 15 is 0 Å². The molecule has 13 nitrogen and oxygen atoms in total. The van der Waals surface area contributed by atoms with Gasteiger partial charge in [-0.2, -0.15) is 0 Å². The van der Waals surface area contributed by atoms with Crippen molar-refractivity contribution >= 4 is 29.6 Å². The minimum Gasteiger partial charge on any atom is -0.465 e. The normalized spacial score (nSPS) is 19.1. The van der Waals surface area contributed by atoms with E-state index < -0.39 is 41.9 Å². The van der Waals surface area contributed by atoms with E-state index in [9.17, 15) is 24.0 Å². The first-order valence-corrected chi connectivity index (χ1v) is 18.6. The third kappa shape index (κ3) is 11.9. The Morgan fingerprint density at radius 3 is 1.96 bits per heavy atom. The van der Waals surface area contributed by atoms with Gasteiger partial charge in [-0.1, -0.05) is 74.5 Å². The molecule has 2 saturated heterocycles. The smallest absolute Gasteiger partial charge is 0.320 e. The zero-order chi connectivity index (χ0) is 37.6. The van der Waals surface area contributed by atoms with Gasteiger partial charge in [-0.25, -0.2) is 0 Å². The number of carbonyl (C=O) groups is 5. The highest BCUT2D eigenvalue weighted by Gasteiger charge is 2.47. The average molecular weight is 720 g/mol. The van der Waals surface area contributed by atoms with Gasteiger partial charge in [-0.15, -0.1) is 0 Å². The maximum Gasteiger partial charge on any atom is 0.320 e. The Morgan fingerprint density at radius 2 is 1.38 bits per heavy atom. The number of piperazine rings is 1. The van der Waals surface area contributed by atoms with Crippen LogP contribution in [0.4, 0.5) is 0 Å². The van der Waals surface area contributed by atoms with Crippen molar-refractivity contribution in [3.05, 3.63) is 71.8 Å². The van der Waals surface area contributed by atoms with Crippen LogP contribution in [0.2, 0.25) is 0 Å². The molecule has 2 aromatic carbocycles. The van der Waals surface area contributed by atoms with Crippen molar-refractivity contribution in [1.82, 2.24) is 25.8 Å². The highest BCUT2D eigenvalue weighted by Crippen LogP contribution is 2.31. The maximum atomic E-state index is 14.0. The van der Waals surface area contributed by atoms with Crippen LogP contribution in [0.25, 0.3) is 0 Å². The lowest BCUT2D eigenvalue weighted by Crippen LogP contribution is -2.60. The van der Waals surface area contributed by atoms with E-state index in [0.717, 1.165) is 17.5 Å². The summed E-state index contributed by atoms with van der Waals surface area (Å²) in [6, 6.07) is 15.1. The van der Waals surface area contributed by atoms with E-state index in [4.69, 9.17) is 16.2 Å². The number of nitrogens with two attached hydrogens (primary N) is 2. The van der Waals surface area contributed by atoms with Gasteiger partial charge in [-0.3, -0.25) is 28.9 Å². The van der Waals surface area contributed by atoms with Crippen molar-refractivity contribution in [3.8, 4) is 0 Å². The third-order valence-corrected chi connectivity index (χ3v) is 9.73. The number of hydrogen-bond acceptors (Lipinski definition) is 9. The van der Waals surface area contributed by atoms with Crippen LogP contribution in [-0.2, 0) is 41.6 Å². The fourth-order valence-electron chi connectivity index (χ4n) is 7.08. The Hall–Kier alpha value is -4.33. The number of nitrogens with one attached hydrogen (secondary N) is 3. The number of fused-ring (bicyclic) bond motifs is 2. The zero-order valence-corrected chi connectivity index (χ0v) is 30.8. The summed E-state index contributed by atoms with van der Waals surface area (Å²) < 4.78 is 5.12. The minimum atomic E-state index is -1.00. The number of esters is 1. The lowest BCUT2D eigenvalue weighted by atomic mass is 9.99. The van der Waals surface area contributed by atoms with Crippen molar-refractivity contribution in [3.63, 3.8) is 0 Å². The van der Waals surface area contributed by atoms with Gasteiger partial charge in [0.2, 0.25) is 23.6 Å². The van der Waals surface area contributed by atoms with Gasteiger partial charge in [0.25, 0.3) is 0 Å². The SMILES string of the molecule is CCOC(=O)CN1CC2CC1CN2C(=O)C(CCCCN)NC(=O)C(CC(C)C)NC(=O)C(Cc1ccccc1)NC(=O)C(N)Cc1ccccc1. The van der Waals surface area contributed by atoms with Crippen LogP contribution < -0.4 is 27.4 Å². The molecule has 2 aromatic rings. The summed E-state index contributed by atoms with van der Waals surface area (Å²) in [6.45, 7) is 7.67. The highest BCUT2D eigenvalue weighted by atomic mass is 16.5. The van der Waals surface area contributed by atoms with E-state index in [1.165, 1.54) is 0 Å². The number of benzene rings is 2. The Morgan fingerprint density at radius 1 is 0.788 bits per heavy atom. The first-order valence-electron chi connectivity index (χ1n) is 18.6. The number of amides is 4. The monoisotopic (exact) mass is 719 g/mol. The zero-order valence-electron chi connectivity index (χ0n) is 30.8. The third-order valence-electron chi connectivity index (χ3n) is 9.73. The molecule has 6 atom stereocenters. The molecule has 2 fully saturated rings. The van der Waals surface area contributed by atoms with Crippen LogP contribution in [0.1, 0.15) is 64.0 Å². The van der Waals surface area contributed by atoms with Crippen LogP contribution in [0.15, 0.2) is 60.7 Å². The quantitative estimate of drug-likeness (QED) is 0.0992. The van der Waals surface area contributed by atoms with E-state index in [0.29, 0.717) is 58.3 Å². The second kappa shape index (κ2) is 20.1. The maximum absolute atomic E-state index is 14.0. The molecule has 2 aliphatic rings. The van der Waals surface area contributed by atoms with Gasteiger partial charge in [0, 0.05) is 31.6 Å². The van der Waals surface area contributed by atoms with Crippen molar-refractivity contribution in [2.24, 2.45) is 17.4 Å². The van der Waals surface area contributed by atoms with Crippen molar-refractivity contribution in [1.29, 1.82) is 0 Å². The number of likely N-dealkylation sites (tertiary alicyclic amines) is 2. The molecule has 6 unspecified atom stereocenters. The fourth-order valence-corrected chi connectivity index (χ4v) is 7.08. The second-order valence-electron chi connectivity index (χ2n) is 14.4. The molecule has 2 bridgehead atoms. The predicted molar refractivity (Wildman–Crippen MR) is 199 cm³/mol. The Bertz CT molecular complexity index is 1480. The molecule has 52 heavy (non-hydrogen) atoms. The number of unbranched alkanes of at least 4 members (excludes halogenated alkanes) is 1. The first kappa shape index (κ1) is 40.4. The van der Waals surface area contributed by atoms with Crippen molar-refractivity contribution in [2.45, 2.75) is 102 Å². The summed E-state index contributed by atoms with van der Waals surface area (Å²) in [6.07, 6.45) is 3.29. The molecule has 0 aromatic heterocycles. The minimum absolute atomic E-state index is 0.0311. The Kier molecular flexibility index (Phi) is 15.6. The molecule has 13 heteroatoms. The van der Waals surface area contributed by atoms with Gasteiger partial charge < -0.3 is 37.1 Å². The molecule has 4 rings (SSSR count). The van der Waals surface area contributed by atoms with E-state index in [1.807, 2.05) is 79.4 Å². The molecule has 7 N–H and O–H groups in total. The van der Waals surface area contributed by atoms with Crippen LogP contribution in [-0.4, -0.2) is 108 Å². The Balaban J connectivity index is 1.46. The number of ether oxygens (including phenoxy) is 1. The summed E-state index contributed by atoms with van der Waals surface area (Å²) >= 11 is 0. The second-order valence-corrected chi connectivity index (χ2v) is 14.4. The fraction of sp³-hybridized carbons (Fsp3) is 0.564.